The van der Waals surface area contributed by atoms with E-state index in [9.17, 15) is 4.79 Å². The van der Waals surface area contributed by atoms with Gasteiger partial charge < -0.3 is 14.8 Å². The average molecular weight is 326 g/mol. The summed E-state index contributed by atoms with van der Waals surface area (Å²) in [6.45, 7) is 2.19. The average Bonchev–Trinajstić information content (AvgIpc) is 2.84. The molecule has 2 heterocycles. The van der Waals surface area contributed by atoms with Crippen LogP contribution in [0, 0.1) is 0 Å². The van der Waals surface area contributed by atoms with Crippen molar-refractivity contribution < 1.29 is 14.3 Å². The third-order valence-corrected chi connectivity index (χ3v) is 4.14. The van der Waals surface area contributed by atoms with Gasteiger partial charge in [-0.05, 0) is 47.4 Å². The highest BCUT2D eigenvalue weighted by molar-refractivity contribution is 9.10. The van der Waals surface area contributed by atoms with Crippen LogP contribution < -0.4 is 14.8 Å². The molecule has 0 radical (unpaired) electrons. The number of ether oxygens (including phenoxy) is 2. The molecular weight excluding hydrogens is 310 g/mol. The lowest BCUT2D eigenvalue weighted by Gasteiger charge is -2.14. The molecule has 2 aliphatic heterocycles. The van der Waals surface area contributed by atoms with Crippen molar-refractivity contribution in [2.24, 2.45) is 0 Å². The van der Waals surface area contributed by atoms with E-state index in [2.05, 4.69) is 21.2 Å². The minimum atomic E-state index is -0.0685. The zero-order chi connectivity index (χ0) is 13.2. The number of carbonyl (C=O) groups excluding carboxylic acids is 1. The number of nitrogens with one attached hydrogen (secondary N) is 1. The summed E-state index contributed by atoms with van der Waals surface area (Å²) in [6.07, 6.45) is 2.82. The van der Waals surface area contributed by atoms with Gasteiger partial charge in [0.25, 0.3) is 0 Å². The summed E-state index contributed by atoms with van der Waals surface area (Å²) in [5.74, 6) is 1.50. The van der Waals surface area contributed by atoms with Crippen LogP contribution >= 0.6 is 15.9 Å². The summed E-state index contributed by atoms with van der Waals surface area (Å²) in [5.41, 5.74) is 0.670. The Morgan fingerprint density at radius 1 is 1.21 bits per heavy atom. The van der Waals surface area contributed by atoms with Crippen molar-refractivity contribution in [3.63, 3.8) is 0 Å². The summed E-state index contributed by atoms with van der Waals surface area (Å²) in [5, 5.41) is 3.23. The maximum Gasteiger partial charge on any atom is 0.181 e. The quantitative estimate of drug-likeness (QED) is 0.849. The molecule has 0 bridgehead atoms. The van der Waals surface area contributed by atoms with Gasteiger partial charge >= 0.3 is 0 Å². The van der Waals surface area contributed by atoms with Gasteiger partial charge in [-0.15, -0.1) is 0 Å². The normalized spacial score (nSPS) is 22.1. The molecule has 0 aliphatic carbocycles. The standard InChI is InChI=1S/C14H16BrNO3/c15-10-8-13-12(18-5-2-6-19-13)7-9(10)14(17)11-3-1-4-16-11/h7-8,11,16H,1-6H2. The van der Waals surface area contributed by atoms with Gasteiger partial charge in [0.15, 0.2) is 17.3 Å². The van der Waals surface area contributed by atoms with E-state index >= 15 is 0 Å². The van der Waals surface area contributed by atoms with Crippen molar-refractivity contribution in [1.29, 1.82) is 0 Å². The number of hydrogen-bond donors (Lipinski definition) is 1. The first kappa shape index (κ1) is 12.9. The number of carbonyl (C=O) groups is 1. The van der Waals surface area contributed by atoms with Crippen molar-refractivity contribution in [2.45, 2.75) is 25.3 Å². The summed E-state index contributed by atoms with van der Waals surface area (Å²) >= 11 is 3.46. The van der Waals surface area contributed by atoms with E-state index in [1.165, 1.54) is 0 Å². The molecule has 1 aromatic carbocycles. The van der Waals surface area contributed by atoms with Crippen LogP contribution in [0.2, 0.25) is 0 Å². The van der Waals surface area contributed by atoms with Gasteiger partial charge in [-0.3, -0.25) is 4.79 Å². The minimum absolute atomic E-state index is 0.0685. The number of benzene rings is 1. The summed E-state index contributed by atoms with van der Waals surface area (Å²) in [4.78, 5) is 12.5. The molecule has 4 nitrogen and oxygen atoms in total. The Morgan fingerprint density at radius 2 is 1.95 bits per heavy atom. The Hall–Kier alpha value is -1.07. The molecule has 1 unspecified atom stereocenters. The first-order chi connectivity index (χ1) is 9.25. The molecule has 1 aromatic rings. The third-order valence-electron chi connectivity index (χ3n) is 3.48. The van der Waals surface area contributed by atoms with Crippen LogP contribution in [0.15, 0.2) is 16.6 Å². The third kappa shape index (κ3) is 2.62. The topological polar surface area (TPSA) is 47.6 Å². The Kier molecular flexibility index (Phi) is 3.75. The number of hydrogen-bond acceptors (Lipinski definition) is 4. The van der Waals surface area contributed by atoms with Gasteiger partial charge in [0, 0.05) is 16.5 Å². The second kappa shape index (κ2) is 5.51. The monoisotopic (exact) mass is 325 g/mol. The highest BCUT2D eigenvalue weighted by atomic mass is 79.9. The molecule has 2 aliphatic rings. The molecule has 19 heavy (non-hydrogen) atoms. The number of fused-ring (bicyclic) bond motifs is 1. The van der Waals surface area contributed by atoms with Crippen LogP contribution in [-0.4, -0.2) is 31.6 Å². The number of ketones is 1. The van der Waals surface area contributed by atoms with Gasteiger partial charge in [-0.25, -0.2) is 0 Å². The van der Waals surface area contributed by atoms with Gasteiger partial charge in [0.2, 0.25) is 0 Å². The fourth-order valence-corrected chi connectivity index (χ4v) is 2.99. The first-order valence-electron chi connectivity index (χ1n) is 6.62. The number of Topliss-reactive ketones (excluding diaryl/α,β-unsaturated/α-hetero) is 1. The molecule has 5 heteroatoms. The van der Waals surface area contributed by atoms with Crippen LogP contribution in [0.25, 0.3) is 0 Å². The summed E-state index contributed by atoms with van der Waals surface area (Å²) in [6, 6.07) is 3.57. The van der Waals surface area contributed by atoms with E-state index in [-0.39, 0.29) is 11.8 Å². The van der Waals surface area contributed by atoms with Crippen LogP contribution in [0.1, 0.15) is 29.6 Å². The predicted octanol–water partition coefficient (Wildman–Crippen LogP) is 2.55. The van der Waals surface area contributed by atoms with Crippen molar-refractivity contribution in [2.75, 3.05) is 19.8 Å². The SMILES string of the molecule is O=C(c1cc2c(cc1Br)OCCCO2)C1CCCN1. The van der Waals surface area contributed by atoms with Crippen LogP contribution in [0.4, 0.5) is 0 Å². The van der Waals surface area contributed by atoms with E-state index in [1.807, 2.05) is 6.07 Å². The maximum absolute atomic E-state index is 12.5. The maximum atomic E-state index is 12.5. The number of rotatable bonds is 2. The lowest BCUT2D eigenvalue weighted by molar-refractivity contribution is 0.0951. The molecule has 0 aromatic heterocycles. The largest absolute Gasteiger partial charge is 0.490 e. The molecule has 0 saturated carbocycles. The lowest BCUT2D eigenvalue weighted by Crippen LogP contribution is -2.31. The molecule has 3 rings (SSSR count). The van der Waals surface area contributed by atoms with Gasteiger partial charge in [-0.2, -0.15) is 0 Å². The van der Waals surface area contributed by atoms with E-state index < -0.39 is 0 Å². The molecule has 0 amide bonds. The fourth-order valence-electron chi connectivity index (χ4n) is 2.47. The van der Waals surface area contributed by atoms with Crippen molar-refractivity contribution in [3.8, 4) is 11.5 Å². The van der Waals surface area contributed by atoms with Crippen molar-refractivity contribution >= 4 is 21.7 Å². The molecule has 1 atom stereocenters. The second-order valence-electron chi connectivity index (χ2n) is 4.84. The fraction of sp³-hybridized carbons (Fsp3) is 0.500. The minimum Gasteiger partial charge on any atom is -0.490 e. The van der Waals surface area contributed by atoms with Crippen molar-refractivity contribution in [3.05, 3.63) is 22.2 Å². The first-order valence-corrected chi connectivity index (χ1v) is 7.42. The van der Waals surface area contributed by atoms with E-state index in [1.54, 1.807) is 6.07 Å². The summed E-state index contributed by atoms with van der Waals surface area (Å²) in [7, 11) is 0. The zero-order valence-electron chi connectivity index (χ0n) is 10.6. The molecule has 1 N–H and O–H groups in total. The van der Waals surface area contributed by atoms with Crippen LogP contribution in [0.5, 0.6) is 11.5 Å². The van der Waals surface area contributed by atoms with Gasteiger partial charge in [0.1, 0.15) is 0 Å². The van der Waals surface area contributed by atoms with E-state index in [0.717, 1.165) is 30.3 Å². The smallest absolute Gasteiger partial charge is 0.181 e. The Balaban J connectivity index is 1.92. The molecule has 1 fully saturated rings. The molecule has 1 saturated heterocycles. The molecule has 0 spiro atoms. The highest BCUT2D eigenvalue weighted by Crippen LogP contribution is 2.36. The molecular formula is C14H16BrNO3. The van der Waals surface area contributed by atoms with Gasteiger partial charge in [-0.1, -0.05) is 0 Å². The van der Waals surface area contributed by atoms with E-state index in [0.29, 0.717) is 30.3 Å². The predicted molar refractivity (Wildman–Crippen MR) is 75.1 cm³/mol. The van der Waals surface area contributed by atoms with Crippen LogP contribution in [0.3, 0.4) is 0 Å². The Labute approximate surface area is 120 Å². The number of halogens is 1. The highest BCUT2D eigenvalue weighted by Gasteiger charge is 2.26. The van der Waals surface area contributed by atoms with Gasteiger partial charge in [0.05, 0.1) is 19.3 Å². The second-order valence-corrected chi connectivity index (χ2v) is 5.70. The Bertz CT molecular complexity index is 498. The Morgan fingerprint density at radius 3 is 2.63 bits per heavy atom. The van der Waals surface area contributed by atoms with E-state index in [4.69, 9.17) is 9.47 Å². The van der Waals surface area contributed by atoms with Crippen molar-refractivity contribution in [1.82, 2.24) is 5.32 Å². The zero-order valence-corrected chi connectivity index (χ0v) is 12.2. The molecule has 102 valence electrons. The lowest BCUT2D eigenvalue weighted by atomic mass is 10.0. The van der Waals surface area contributed by atoms with Crippen LogP contribution in [-0.2, 0) is 0 Å². The summed E-state index contributed by atoms with van der Waals surface area (Å²) < 4.78 is 12.0.